The smallest absolute Gasteiger partial charge is 0.306 e. The summed E-state index contributed by atoms with van der Waals surface area (Å²) in [6.07, 6.45) is 2.02. The summed E-state index contributed by atoms with van der Waals surface area (Å²) in [5.74, 6) is 0.574. The molecule has 1 fully saturated rings. The summed E-state index contributed by atoms with van der Waals surface area (Å²) in [6.45, 7) is 8.18. The van der Waals surface area contributed by atoms with E-state index in [-0.39, 0.29) is 40.7 Å². The molecular formula is C21H28N8O5S2. The van der Waals surface area contributed by atoms with Gasteiger partial charge < -0.3 is 15.0 Å². The SMILES string of the molecule is CCOC(=O)CCc1c(C)nc2ncnn2c1N1CCN(S(=O)(=O)c2sc(NC(C)=O)nc2C)CC1. The van der Waals surface area contributed by atoms with Gasteiger partial charge in [-0.2, -0.15) is 18.9 Å². The molecule has 4 rings (SSSR count). The fraction of sp³-hybridized carbons (Fsp3) is 0.524. The molecule has 1 amide bonds. The molecule has 13 nitrogen and oxygen atoms in total. The Hall–Kier alpha value is -3.17. The van der Waals surface area contributed by atoms with Crippen molar-refractivity contribution in [2.75, 3.05) is 43.0 Å². The summed E-state index contributed by atoms with van der Waals surface area (Å²) in [6, 6.07) is 0. The average Bonchev–Trinajstić information content (AvgIpc) is 3.43. The van der Waals surface area contributed by atoms with Crippen molar-refractivity contribution in [2.45, 2.75) is 44.7 Å². The van der Waals surface area contributed by atoms with Crippen molar-refractivity contribution < 1.29 is 22.7 Å². The number of thiazole rings is 1. The van der Waals surface area contributed by atoms with Crippen LogP contribution in [0.1, 0.15) is 37.2 Å². The summed E-state index contributed by atoms with van der Waals surface area (Å²) in [5, 5.41) is 7.12. The van der Waals surface area contributed by atoms with E-state index in [1.165, 1.54) is 17.6 Å². The number of amides is 1. The van der Waals surface area contributed by atoms with Gasteiger partial charge in [-0.3, -0.25) is 9.59 Å². The van der Waals surface area contributed by atoms with E-state index >= 15 is 0 Å². The first-order valence-corrected chi connectivity index (χ1v) is 13.7. The first-order chi connectivity index (χ1) is 17.1. The molecule has 0 aromatic carbocycles. The van der Waals surface area contributed by atoms with E-state index in [2.05, 4.69) is 25.4 Å². The molecule has 3 aromatic rings. The van der Waals surface area contributed by atoms with Gasteiger partial charge in [0, 0.05) is 50.8 Å². The van der Waals surface area contributed by atoms with Gasteiger partial charge in [-0.1, -0.05) is 11.3 Å². The molecule has 4 heterocycles. The highest BCUT2D eigenvalue weighted by Crippen LogP contribution is 2.32. The van der Waals surface area contributed by atoms with Crippen molar-refractivity contribution in [3.05, 3.63) is 23.3 Å². The van der Waals surface area contributed by atoms with Crippen LogP contribution in [-0.4, -0.2) is 82.0 Å². The first kappa shape index (κ1) is 25.9. The summed E-state index contributed by atoms with van der Waals surface area (Å²) in [7, 11) is -3.79. The number of nitrogens with zero attached hydrogens (tertiary/aromatic N) is 7. The molecule has 15 heteroatoms. The van der Waals surface area contributed by atoms with Gasteiger partial charge in [0.2, 0.25) is 5.91 Å². The molecular weight excluding hydrogens is 508 g/mol. The van der Waals surface area contributed by atoms with E-state index in [4.69, 9.17) is 4.74 Å². The molecule has 0 radical (unpaired) electrons. The van der Waals surface area contributed by atoms with Crippen molar-refractivity contribution in [2.24, 2.45) is 0 Å². The minimum atomic E-state index is -3.79. The molecule has 36 heavy (non-hydrogen) atoms. The van der Waals surface area contributed by atoms with Gasteiger partial charge in [-0.05, 0) is 27.2 Å². The molecule has 1 aliphatic heterocycles. The Kier molecular flexibility index (Phi) is 7.51. The molecule has 1 N–H and O–H groups in total. The second kappa shape index (κ2) is 10.4. The second-order valence-corrected chi connectivity index (χ2v) is 11.4. The van der Waals surface area contributed by atoms with Crippen molar-refractivity contribution in [1.29, 1.82) is 0 Å². The number of ether oxygens (including phenoxy) is 1. The van der Waals surface area contributed by atoms with Gasteiger partial charge >= 0.3 is 5.97 Å². The molecule has 0 atom stereocenters. The van der Waals surface area contributed by atoms with Gasteiger partial charge in [-0.25, -0.2) is 18.4 Å². The van der Waals surface area contributed by atoms with Gasteiger partial charge in [0.25, 0.3) is 15.8 Å². The van der Waals surface area contributed by atoms with E-state index in [9.17, 15) is 18.0 Å². The minimum absolute atomic E-state index is 0.119. The fourth-order valence-corrected chi connectivity index (χ4v) is 7.15. The summed E-state index contributed by atoms with van der Waals surface area (Å²) in [5.41, 5.74) is 1.92. The zero-order chi connectivity index (χ0) is 26.0. The number of nitrogens with one attached hydrogen (secondary N) is 1. The maximum Gasteiger partial charge on any atom is 0.306 e. The molecule has 3 aromatic heterocycles. The molecule has 0 aliphatic carbocycles. The summed E-state index contributed by atoms with van der Waals surface area (Å²) >= 11 is 0.946. The number of rotatable bonds is 8. The van der Waals surface area contributed by atoms with Crippen LogP contribution in [0.5, 0.6) is 0 Å². The van der Waals surface area contributed by atoms with Crippen molar-refractivity contribution >= 4 is 50.0 Å². The summed E-state index contributed by atoms with van der Waals surface area (Å²) in [4.78, 5) is 38.3. The van der Waals surface area contributed by atoms with Crippen molar-refractivity contribution in [3.63, 3.8) is 0 Å². The predicted molar refractivity (Wildman–Crippen MR) is 133 cm³/mol. The number of carbonyl (C=O) groups excluding carboxylic acids is 2. The van der Waals surface area contributed by atoms with Gasteiger partial charge in [0.15, 0.2) is 9.34 Å². The van der Waals surface area contributed by atoms with Crippen LogP contribution >= 0.6 is 11.3 Å². The van der Waals surface area contributed by atoms with Crippen LogP contribution < -0.4 is 10.2 Å². The third-order valence-corrected chi connectivity index (χ3v) is 9.30. The van der Waals surface area contributed by atoms with E-state index in [1.54, 1.807) is 18.4 Å². The molecule has 0 saturated carbocycles. The van der Waals surface area contributed by atoms with Gasteiger partial charge in [-0.15, -0.1) is 0 Å². The predicted octanol–water partition coefficient (Wildman–Crippen LogP) is 1.16. The van der Waals surface area contributed by atoms with Crippen LogP contribution in [0.2, 0.25) is 0 Å². The Morgan fingerprint density at radius 1 is 1.14 bits per heavy atom. The highest BCUT2D eigenvalue weighted by atomic mass is 32.2. The lowest BCUT2D eigenvalue weighted by atomic mass is 10.1. The molecule has 0 bridgehead atoms. The molecule has 194 valence electrons. The van der Waals surface area contributed by atoms with Crippen LogP contribution in [0.15, 0.2) is 10.5 Å². The average molecular weight is 537 g/mol. The van der Waals surface area contributed by atoms with Crippen LogP contribution in [0.3, 0.4) is 0 Å². The zero-order valence-electron chi connectivity index (χ0n) is 20.5. The summed E-state index contributed by atoms with van der Waals surface area (Å²) < 4.78 is 35.0. The van der Waals surface area contributed by atoms with Gasteiger partial charge in [0.05, 0.1) is 12.3 Å². The molecule has 1 aliphatic rings. The lowest BCUT2D eigenvalue weighted by Crippen LogP contribution is -2.49. The highest BCUT2D eigenvalue weighted by molar-refractivity contribution is 7.91. The number of aryl methyl sites for hydroxylation is 2. The Morgan fingerprint density at radius 3 is 2.53 bits per heavy atom. The molecule has 0 spiro atoms. The number of esters is 1. The highest BCUT2D eigenvalue weighted by Gasteiger charge is 2.33. The topological polar surface area (TPSA) is 152 Å². The Labute approximate surface area is 212 Å². The van der Waals surface area contributed by atoms with Crippen LogP contribution in [0.25, 0.3) is 5.78 Å². The Morgan fingerprint density at radius 2 is 1.86 bits per heavy atom. The van der Waals surface area contributed by atoms with E-state index < -0.39 is 10.0 Å². The number of anilines is 2. The van der Waals surface area contributed by atoms with E-state index in [1.807, 2.05) is 11.8 Å². The number of aromatic nitrogens is 5. The Balaban J connectivity index is 1.57. The fourth-order valence-electron chi connectivity index (χ4n) is 4.13. The van der Waals surface area contributed by atoms with E-state index in [0.717, 1.165) is 28.4 Å². The van der Waals surface area contributed by atoms with Crippen molar-refractivity contribution in [3.8, 4) is 0 Å². The zero-order valence-corrected chi connectivity index (χ0v) is 22.1. The normalized spacial score (nSPS) is 14.8. The second-order valence-electron chi connectivity index (χ2n) is 8.24. The van der Waals surface area contributed by atoms with E-state index in [0.29, 0.717) is 37.6 Å². The lowest BCUT2D eigenvalue weighted by Gasteiger charge is -2.36. The maximum absolute atomic E-state index is 13.4. The minimum Gasteiger partial charge on any atom is -0.466 e. The quantitative estimate of drug-likeness (QED) is 0.415. The molecule has 1 saturated heterocycles. The number of carbonyl (C=O) groups is 2. The van der Waals surface area contributed by atoms with Crippen LogP contribution in [0.4, 0.5) is 10.9 Å². The third kappa shape index (κ3) is 5.17. The van der Waals surface area contributed by atoms with Crippen LogP contribution in [0, 0.1) is 13.8 Å². The Bertz CT molecular complexity index is 1390. The lowest BCUT2D eigenvalue weighted by molar-refractivity contribution is -0.143. The number of fused-ring (bicyclic) bond motifs is 1. The monoisotopic (exact) mass is 536 g/mol. The first-order valence-electron chi connectivity index (χ1n) is 11.5. The maximum atomic E-state index is 13.4. The number of hydrogen-bond acceptors (Lipinski definition) is 11. The largest absolute Gasteiger partial charge is 0.466 e. The standard InChI is InChI=1S/C21H28N8O5S2/c1-5-34-17(31)7-6-16-13(2)24-20-22-12-23-29(20)18(16)27-8-10-28(11-9-27)36(32,33)19-14(3)25-21(35-19)26-15(4)30/h12H,5-11H2,1-4H3,(H,25,26,30). The van der Waals surface area contributed by atoms with Crippen molar-refractivity contribution in [1.82, 2.24) is 28.9 Å². The molecule has 0 unspecified atom stereocenters. The number of piperazine rings is 1. The number of hydrogen-bond donors (Lipinski definition) is 1. The number of sulfonamides is 1. The van der Waals surface area contributed by atoms with Crippen LogP contribution in [-0.2, 0) is 30.8 Å². The van der Waals surface area contributed by atoms with Gasteiger partial charge in [0.1, 0.15) is 12.1 Å². The third-order valence-electron chi connectivity index (χ3n) is 5.74.